The highest BCUT2D eigenvalue weighted by Crippen LogP contribution is 2.45. The molecule has 0 aromatic heterocycles. The summed E-state index contributed by atoms with van der Waals surface area (Å²) in [6.45, 7) is 3.90. The summed E-state index contributed by atoms with van der Waals surface area (Å²) in [6, 6.07) is 30.8. The normalized spacial score (nSPS) is 16.3. The van der Waals surface area contributed by atoms with Gasteiger partial charge in [0.05, 0.1) is 0 Å². The van der Waals surface area contributed by atoms with Gasteiger partial charge in [-0.15, -0.1) is 0 Å². The number of primary amides is 1. The quantitative estimate of drug-likeness (QED) is 0.708. The van der Waals surface area contributed by atoms with Gasteiger partial charge in [0.15, 0.2) is 0 Å². The van der Waals surface area contributed by atoms with Crippen LogP contribution < -0.4 is 5.73 Å². The minimum atomic E-state index is -0.810. The summed E-state index contributed by atoms with van der Waals surface area (Å²) in [5.74, 6) is -0.136. The SMILES string of the molecule is CC(c1ccccc1)N1CC(C(C(N)=O)(c2ccccc2)c2ccccc2)C1. The number of nitrogens with two attached hydrogens (primary N) is 1. The van der Waals surface area contributed by atoms with Crippen molar-refractivity contribution in [1.82, 2.24) is 4.90 Å². The summed E-state index contributed by atoms with van der Waals surface area (Å²) in [4.78, 5) is 15.4. The van der Waals surface area contributed by atoms with Gasteiger partial charge in [0.2, 0.25) is 5.91 Å². The van der Waals surface area contributed by atoms with Gasteiger partial charge in [-0.1, -0.05) is 91.0 Å². The molecule has 0 bridgehead atoms. The first-order valence-corrected chi connectivity index (χ1v) is 9.84. The molecule has 3 aromatic carbocycles. The topological polar surface area (TPSA) is 46.3 Å². The number of carbonyl (C=O) groups is 1. The van der Waals surface area contributed by atoms with Gasteiger partial charge < -0.3 is 5.73 Å². The Labute approximate surface area is 166 Å². The zero-order chi connectivity index (χ0) is 19.6. The minimum absolute atomic E-state index is 0.140. The Hall–Kier alpha value is -2.91. The van der Waals surface area contributed by atoms with Crippen molar-refractivity contribution < 1.29 is 4.79 Å². The predicted octanol–water partition coefficient (Wildman–Crippen LogP) is 4.15. The molecular formula is C25H26N2O. The van der Waals surface area contributed by atoms with Crippen LogP contribution in [0.1, 0.15) is 29.7 Å². The second-order valence-corrected chi connectivity index (χ2v) is 7.64. The van der Waals surface area contributed by atoms with E-state index >= 15 is 0 Å². The lowest BCUT2D eigenvalue weighted by molar-refractivity contribution is -0.127. The largest absolute Gasteiger partial charge is 0.369 e. The summed E-state index contributed by atoms with van der Waals surface area (Å²) in [5.41, 5.74) is 8.56. The van der Waals surface area contributed by atoms with E-state index in [1.165, 1.54) is 5.56 Å². The van der Waals surface area contributed by atoms with Gasteiger partial charge in [0.25, 0.3) is 0 Å². The Bertz CT molecular complexity index is 879. The van der Waals surface area contributed by atoms with Crippen LogP contribution in [0.3, 0.4) is 0 Å². The van der Waals surface area contributed by atoms with Crippen molar-refractivity contribution in [3.05, 3.63) is 108 Å². The fraction of sp³-hybridized carbons (Fsp3) is 0.240. The Morgan fingerprint density at radius 2 is 1.29 bits per heavy atom. The molecule has 1 heterocycles. The molecule has 3 aromatic rings. The molecule has 3 heteroatoms. The van der Waals surface area contributed by atoms with E-state index in [9.17, 15) is 4.79 Å². The number of benzene rings is 3. The molecule has 0 radical (unpaired) electrons. The highest BCUT2D eigenvalue weighted by molar-refractivity contribution is 5.91. The average molecular weight is 370 g/mol. The Morgan fingerprint density at radius 1 is 0.857 bits per heavy atom. The number of hydrogen-bond acceptors (Lipinski definition) is 2. The van der Waals surface area contributed by atoms with Crippen LogP contribution in [-0.4, -0.2) is 23.9 Å². The average Bonchev–Trinajstić information content (AvgIpc) is 2.71. The van der Waals surface area contributed by atoms with Crippen LogP contribution in [0.5, 0.6) is 0 Å². The summed E-state index contributed by atoms with van der Waals surface area (Å²) in [7, 11) is 0. The van der Waals surface area contributed by atoms with E-state index in [1.54, 1.807) is 0 Å². The van der Waals surface area contributed by atoms with Crippen LogP contribution in [0.25, 0.3) is 0 Å². The lowest BCUT2D eigenvalue weighted by Crippen LogP contribution is -2.61. The fourth-order valence-corrected chi connectivity index (χ4v) is 4.57. The molecule has 1 atom stereocenters. The van der Waals surface area contributed by atoms with E-state index in [0.717, 1.165) is 24.2 Å². The third-order valence-electron chi connectivity index (χ3n) is 6.20. The molecule has 1 saturated heterocycles. The first kappa shape index (κ1) is 18.5. The summed E-state index contributed by atoms with van der Waals surface area (Å²) in [6.07, 6.45) is 0. The molecule has 0 saturated carbocycles. The molecule has 0 aliphatic carbocycles. The molecule has 28 heavy (non-hydrogen) atoms. The monoisotopic (exact) mass is 370 g/mol. The fourth-order valence-electron chi connectivity index (χ4n) is 4.57. The van der Waals surface area contributed by atoms with Crippen molar-refractivity contribution >= 4 is 5.91 Å². The third-order valence-corrected chi connectivity index (χ3v) is 6.20. The Kier molecular flexibility index (Phi) is 5.01. The molecular weight excluding hydrogens is 344 g/mol. The van der Waals surface area contributed by atoms with Crippen molar-refractivity contribution in [3.63, 3.8) is 0 Å². The maximum absolute atomic E-state index is 13.0. The van der Waals surface area contributed by atoms with Gasteiger partial charge in [0, 0.05) is 25.0 Å². The molecule has 2 N–H and O–H groups in total. The van der Waals surface area contributed by atoms with Crippen molar-refractivity contribution in [2.45, 2.75) is 18.4 Å². The lowest BCUT2D eigenvalue weighted by atomic mass is 9.62. The van der Waals surface area contributed by atoms with Crippen LogP contribution in [0, 0.1) is 5.92 Å². The molecule has 142 valence electrons. The Balaban J connectivity index is 1.69. The van der Waals surface area contributed by atoms with Gasteiger partial charge in [-0.3, -0.25) is 9.69 Å². The maximum atomic E-state index is 13.0. The number of carbonyl (C=O) groups excluding carboxylic acids is 1. The Morgan fingerprint density at radius 3 is 1.71 bits per heavy atom. The first-order chi connectivity index (χ1) is 13.6. The lowest BCUT2D eigenvalue weighted by Gasteiger charge is -2.51. The first-order valence-electron chi connectivity index (χ1n) is 9.84. The maximum Gasteiger partial charge on any atom is 0.232 e. The van der Waals surface area contributed by atoms with Crippen LogP contribution in [-0.2, 0) is 10.2 Å². The van der Waals surface area contributed by atoms with Crippen molar-refractivity contribution in [1.29, 1.82) is 0 Å². The van der Waals surface area contributed by atoms with E-state index < -0.39 is 5.41 Å². The van der Waals surface area contributed by atoms with Gasteiger partial charge in [-0.2, -0.15) is 0 Å². The summed E-state index contributed by atoms with van der Waals surface area (Å²) in [5, 5.41) is 0. The molecule has 1 aliphatic heterocycles. The van der Waals surface area contributed by atoms with Gasteiger partial charge in [-0.25, -0.2) is 0 Å². The van der Waals surface area contributed by atoms with Crippen molar-refractivity contribution in [3.8, 4) is 0 Å². The van der Waals surface area contributed by atoms with E-state index in [0.29, 0.717) is 6.04 Å². The highest BCUT2D eigenvalue weighted by atomic mass is 16.1. The number of nitrogens with zero attached hydrogens (tertiary/aromatic N) is 1. The van der Waals surface area contributed by atoms with Gasteiger partial charge in [0.1, 0.15) is 5.41 Å². The van der Waals surface area contributed by atoms with Crippen LogP contribution in [0.2, 0.25) is 0 Å². The van der Waals surface area contributed by atoms with Crippen molar-refractivity contribution in [2.24, 2.45) is 11.7 Å². The molecule has 1 unspecified atom stereocenters. The molecule has 4 rings (SSSR count). The van der Waals surface area contributed by atoms with E-state index in [2.05, 4.69) is 36.1 Å². The minimum Gasteiger partial charge on any atom is -0.369 e. The molecule has 1 amide bonds. The summed E-state index contributed by atoms with van der Waals surface area (Å²) < 4.78 is 0. The number of likely N-dealkylation sites (tertiary alicyclic amines) is 1. The number of hydrogen-bond donors (Lipinski definition) is 1. The van der Waals surface area contributed by atoms with Gasteiger partial charge >= 0.3 is 0 Å². The smallest absolute Gasteiger partial charge is 0.232 e. The van der Waals surface area contributed by atoms with Crippen LogP contribution in [0.4, 0.5) is 0 Å². The van der Waals surface area contributed by atoms with Gasteiger partial charge in [-0.05, 0) is 23.6 Å². The standard InChI is InChI=1S/C25H26N2O/c1-19(20-11-5-2-6-12-20)27-17-23(18-27)25(24(26)28,21-13-7-3-8-14-21)22-15-9-4-10-16-22/h2-16,19,23H,17-18H2,1H3,(H2,26,28). The number of amides is 1. The summed E-state index contributed by atoms with van der Waals surface area (Å²) >= 11 is 0. The van der Waals surface area contributed by atoms with Crippen LogP contribution >= 0.6 is 0 Å². The highest BCUT2D eigenvalue weighted by Gasteiger charge is 2.52. The molecule has 1 fully saturated rings. The number of rotatable bonds is 6. The van der Waals surface area contributed by atoms with E-state index in [1.807, 2.05) is 66.7 Å². The van der Waals surface area contributed by atoms with E-state index in [4.69, 9.17) is 5.73 Å². The van der Waals surface area contributed by atoms with Crippen molar-refractivity contribution in [2.75, 3.05) is 13.1 Å². The second kappa shape index (κ2) is 7.61. The second-order valence-electron chi connectivity index (χ2n) is 7.64. The molecule has 0 spiro atoms. The molecule has 1 aliphatic rings. The third kappa shape index (κ3) is 3.02. The zero-order valence-electron chi connectivity index (χ0n) is 16.2. The van der Waals surface area contributed by atoms with E-state index in [-0.39, 0.29) is 11.8 Å². The van der Waals surface area contributed by atoms with Crippen LogP contribution in [0.15, 0.2) is 91.0 Å². The molecule has 3 nitrogen and oxygen atoms in total. The predicted molar refractivity (Wildman–Crippen MR) is 113 cm³/mol. The zero-order valence-corrected chi connectivity index (χ0v) is 16.2.